The van der Waals surface area contributed by atoms with Crippen molar-refractivity contribution in [2.45, 2.75) is 25.8 Å². The summed E-state index contributed by atoms with van der Waals surface area (Å²) in [5, 5.41) is 8.92. The van der Waals surface area contributed by atoms with Crippen molar-refractivity contribution >= 4 is 17.7 Å². The van der Waals surface area contributed by atoms with Gasteiger partial charge in [0.25, 0.3) is 0 Å². The lowest BCUT2D eigenvalue weighted by Gasteiger charge is -2.33. The molecule has 1 aliphatic rings. The van der Waals surface area contributed by atoms with Crippen LogP contribution in [0.15, 0.2) is 34.9 Å². The van der Waals surface area contributed by atoms with E-state index in [0.29, 0.717) is 6.01 Å². The molecule has 2 heterocycles. The fraction of sp³-hybridized carbons (Fsp3) is 0.286. The van der Waals surface area contributed by atoms with Crippen LogP contribution in [0.1, 0.15) is 29.4 Å². The summed E-state index contributed by atoms with van der Waals surface area (Å²) in [5.41, 5.74) is 2.21. The van der Waals surface area contributed by atoms with Crippen molar-refractivity contribution in [3.05, 3.63) is 41.8 Å². The van der Waals surface area contributed by atoms with E-state index in [1.165, 1.54) is 11.8 Å². The highest BCUT2D eigenvalue weighted by atomic mass is 16.4. The first-order valence-electron chi connectivity index (χ1n) is 6.23. The van der Waals surface area contributed by atoms with Crippen molar-refractivity contribution < 1.29 is 14.3 Å². The van der Waals surface area contributed by atoms with E-state index in [-0.39, 0.29) is 11.7 Å². The van der Waals surface area contributed by atoms with Crippen LogP contribution in [0.25, 0.3) is 0 Å². The lowest BCUT2D eigenvalue weighted by molar-refractivity contribution is 0.0690. The van der Waals surface area contributed by atoms with E-state index >= 15 is 0 Å². The SMILES string of the molecule is CC1CCc2ccccc2N1c1nc(C(=O)O)co1. The van der Waals surface area contributed by atoms with Crippen LogP contribution < -0.4 is 4.90 Å². The van der Waals surface area contributed by atoms with E-state index in [1.54, 1.807) is 0 Å². The number of fused-ring (bicyclic) bond motifs is 1. The van der Waals surface area contributed by atoms with Crippen LogP contribution in [0.2, 0.25) is 0 Å². The van der Waals surface area contributed by atoms with Crippen LogP contribution in [0, 0.1) is 0 Å². The second-order valence-electron chi connectivity index (χ2n) is 4.71. The number of aryl methyl sites for hydroxylation is 1. The molecule has 5 heteroatoms. The average Bonchev–Trinajstić information content (AvgIpc) is 2.88. The Balaban J connectivity index is 2.05. The zero-order valence-electron chi connectivity index (χ0n) is 10.5. The molecule has 98 valence electrons. The molecule has 0 radical (unpaired) electrons. The molecule has 2 aromatic rings. The lowest BCUT2D eigenvalue weighted by Crippen LogP contribution is -2.33. The first-order valence-corrected chi connectivity index (χ1v) is 6.23. The monoisotopic (exact) mass is 258 g/mol. The Morgan fingerprint density at radius 3 is 3.00 bits per heavy atom. The average molecular weight is 258 g/mol. The summed E-state index contributed by atoms with van der Waals surface area (Å²) in [7, 11) is 0. The van der Waals surface area contributed by atoms with Crippen molar-refractivity contribution in [2.75, 3.05) is 4.90 Å². The number of carbonyl (C=O) groups is 1. The highest BCUT2D eigenvalue weighted by Crippen LogP contribution is 2.36. The van der Waals surface area contributed by atoms with E-state index in [2.05, 4.69) is 18.0 Å². The number of hydrogen-bond acceptors (Lipinski definition) is 4. The summed E-state index contributed by atoms with van der Waals surface area (Å²) in [6.07, 6.45) is 3.18. The summed E-state index contributed by atoms with van der Waals surface area (Å²) >= 11 is 0. The van der Waals surface area contributed by atoms with E-state index in [9.17, 15) is 4.79 Å². The molecule has 1 aliphatic heterocycles. The Morgan fingerprint density at radius 1 is 1.47 bits per heavy atom. The quantitative estimate of drug-likeness (QED) is 0.897. The molecule has 0 saturated carbocycles. The van der Waals surface area contributed by atoms with Gasteiger partial charge in [-0.2, -0.15) is 4.98 Å². The number of para-hydroxylation sites is 1. The molecule has 19 heavy (non-hydrogen) atoms. The smallest absolute Gasteiger partial charge is 0.357 e. The molecular formula is C14H14N2O3. The van der Waals surface area contributed by atoms with Gasteiger partial charge in [-0.25, -0.2) is 4.79 Å². The Kier molecular flexibility index (Phi) is 2.74. The van der Waals surface area contributed by atoms with Crippen LogP contribution in [-0.4, -0.2) is 22.1 Å². The van der Waals surface area contributed by atoms with Gasteiger partial charge < -0.3 is 9.52 Å². The highest BCUT2D eigenvalue weighted by Gasteiger charge is 2.28. The molecule has 1 atom stereocenters. The molecule has 0 amide bonds. The number of aromatic carboxylic acids is 1. The zero-order valence-corrected chi connectivity index (χ0v) is 10.5. The van der Waals surface area contributed by atoms with Gasteiger partial charge in [-0.1, -0.05) is 18.2 Å². The van der Waals surface area contributed by atoms with Gasteiger partial charge in [-0.15, -0.1) is 0 Å². The van der Waals surface area contributed by atoms with Gasteiger partial charge in [0, 0.05) is 11.7 Å². The molecule has 0 bridgehead atoms. The molecular weight excluding hydrogens is 244 g/mol. The van der Waals surface area contributed by atoms with Crippen LogP contribution in [-0.2, 0) is 6.42 Å². The molecule has 0 aliphatic carbocycles. The predicted octanol–water partition coefficient (Wildman–Crippen LogP) is 2.85. The first kappa shape index (κ1) is 11.8. The number of anilines is 2. The molecule has 1 aromatic carbocycles. The predicted molar refractivity (Wildman–Crippen MR) is 69.8 cm³/mol. The second kappa shape index (κ2) is 4.42. The minimum absolute atomic E-state index is 0.0646. The fourth-order valence-electron chi connectivity index (χ4n) is 2.45. The summed E-state index contributed by atoms with van der Waals surface area (Å²) in [6, 6.07) is 8.63. The first-order chi connectivity index (χ1) is 9.16. The maximum Gasteiger partial charge on any atom is 0.357 e. The molecule has 0 saturated heterocycles. The van der Waals surface area contributed by atoms with E-state index in [4.69, 9.17) is 9.52 Å². The number of carboxylic acid groups (broad SMARTS) is 1. The third kappa shape index (κ3) is 1.97. The zero-order chi connectivity index (χ0) is 13.4. The number of rotatable bonds is 2. The van der Waals surface area contributed by atoms with Gasteiger partial charge in [-0.3, -0.25) is 4.90 Å². The highest BCUT2D eigenvalue weighted by molar-refractivity contribution is 5.85. The van der Waals surface area contributed by atoms with Crippen molar-refractivity contribution in [2.24, 2.45) is 0 Å². The van der Waals surface area contributed by atoms with Crippen LogP contribution >= 0.6 is 0 Å². The number of nitrogens with zero attached hydrogens (tertiary/aromatic N) is 2. The van der Waals surface area contributed by atoms with E-state index < -0.39 is 5.97 Å². The number of carboxylic acids is 1. The Bertz CT molecular complexity index is 621. The van der Waals surface area contributed by atoms with Gasteiger partial charge in [-0.05, 0) is 31.4 Å². The largest absolute Gasteiger partial charge is 0.476 e. The molecule has 1 N–H and O–H groups in total. The Morgan fingerprint density at radius 2 is 2.26 bits per heavy atom. The fourth-order valence-corrected chi connectivity index (χ4v) is 2.45. The molecule has 1 aromatic heterocycles. The summed E-state index contributed by atoms with van der Waals surface area (Å²) in [6.45, 7) is 2.08. The van der Waals surface area contributed by atoms with Crippen molar-refractivity contribution in [1.82, 2.24) is 4.98 Å². The van der Waals surface area contributed by atoms with Crippen LogP contribution in [0.4, 0.5) is 11.7 Å². The Hall–Kier alpha value is -2.30. The van der Waals surface area contributed by atoms with Gasteiger partial charge in [0.1, 0.15) is 6.26 Å². The third-order valence-corrected chi connectivity index (χ3v) is 3.44. The molecule has 0 fully saturated rings. The van der Waals surface area contributed by atoms with Crippen LogP contribution in [0.5, 0.6) is 0 Å². The van der Waals surface area contributed by atoms with E-state index in [1.807, 2.05) is 23.1 Å². The molecule has 1 unspecified atom stereocenters. The summed E-state index contributed by atoms with van der Waals surface area (Å²) < 4.78 is 5.33. The van der Waals surface area contributed by atoms with Crippen molar-refractivity contribution in [3.63, 3.8) is 0 Å². The summed E-state index contributed by atoms with van der Waals surface area (Å²) in [4.78, 5) is 16.9. The molecule has 0 spiro atoms. The number of benzene rings is 1. The van der Waals surface area contributed by atoms with E-state index in [0.717, 1.165) is 18.5 Å². The van der Waals surface area contributed by atoms with Crippen molar-refractivity contribution in [1.29, 1.82) is 0 Å². The van der Waals surface area contributed by atoms with Gasteiger partial charge in [0.05, 0.1) is 0 Å². The maximum atomic E-state index is 10.9. The molecule has 5 nitrogen and oxygen atoms in total. The maximum absolute atomic E-state index is 10.9. The Labute approximate surface area is 110 Å². The summed E-state index contributed by atoms with van der Waals surface area (Å²) in [5.74, 6) is -1.08. The standard InChI is InChI=1S/C14H14N2O3/c1-9-6-7-10-4-2-3-5-12(10)16(9)14-15-11(8-19-14)13(17)18/h2-5,8-9H,6-7H2,1H3,(H,17,18). The third-order valence-electron chi connectivity index (χ3n) is 3.44. The second-order valence-corrected chi connectivity index (χ2v) is 4.71. The number of oxazole rings is 1. The lowest BCUT2D eigenvalue weighted by atomic mass is 9.97. The van der Waals surface area contributed by atoms with Crippen LogP contribution in [0.3, 0.4) is 0 Å². The minimum atomic E-state index is -1.08. The van der Waals surface area contributed by atoms with Gasteiger partial charge in [0.2, 0.25) is 0 Å². The number of aromatic nitrogens is 1. The normalized spacial score (nSPS) is 18.2. The topological polar surface area (TPSA) is 66.6 Å². The number of hydrogen-bond donors (Lipinski definition) is 1. The van der Waals surface area contributed by atoms with Gasteiger partial charge in [0.15, 0.2) is 5.69 Å². The molecule has 3 rings (SSSR count). The van der Waals surface area contributed by atoms with Crippen molar-refractivity contribution in [3.8, 4) is 0 Å². The van der Waals surface area contributed by atoms with Gasteiger partial charge >= 0.3 is 12.0 Å². The minimum Gasteiger partial charge on any atom is -0.476 e.